The normalized spacial score (nSPS) is 11.6. The van der Waals surface area contributed by atoms with E-state index >= 15 is 0 Å². The highest BCUT2D eigenvalue weighted by Gasteiger charge is 2.21. The molecule has 3 rings (SSSR count). The van der Waals surface area contributed by atoms with Crippen molar-refractivity contribution in [2.75, 3.05) is 18.4 Å². The lowest BCUT2D eigenvalue weighted by molar-refractivity contribution is -0.116. The number of carbonyl (C=O) groups excluding carboxylic acids is 1. The van der Waals surface area contributed by atoms with E-state index in [9.17, 15) is 13.2 Å². The summed E-state index contributed by atoms with van der Waals surface area (Å²) < 4.78 is 28.0. The molecule has 2 aromatic carbocycles. The highest BCUT2D eigenvalue weighted by molar-refractivity contribution is 7.89. The summed E-state index contributed by atoms with van der Waals surface area (Å²) in [6.45, 7) is 4.48. The lowest BCUT2D eigenvalue weighted by Gasteiger charge is -2.18. The van der Waals surface area contributed by atoms with Crippen LogP contribution >= 0.6 is 0 Å². The van der Waals surface area contributed by atoms with E-state index in [0.29, 0.717) is 18.8 Å². The number of rotatable bonds is 8. The average molecular weight is 413 g/mol. The highest BCUT2D eigenvalue weighted by Crippen LogP contribution is 2.19. The number of nitrogens with zero attached hydrogens (tertiary/aromatic N) is 3. The van der Waals surface area contributed by atoms with Crippen molar-refractivity contribution < 1.29 is 13.2 Å². The van der Waals surface area contributed by atoms with Gasteiger partial charge in [-0.05, 0) is 29.8 Å². The molecule has 0 radical (unpaired) electrons. The SMILES string of the molecule is CCN(CC)S(=O)(=O)c1ccc(NC(=O)Cn2cc(-c3ccccc3)cn2)cc1. The summed E-state index contributed by atoms with van der Waals surface area (Å²) in [6.07, 6.45) is 3.53. The summed E-state index contributed by atoms with van der Waals surface area (Å²) in [7, 11) is -3.51. The van der Waals surface area contributed by atoms with Gasteiger partial charge in [-0.3, -0.25) is 9.48 Å². The zero-order valence-corrected chi connectivity index (χ0v) is 17.3. The molecular weight excluding hydrogens is 388 g/mol. The first kappa shape index (κ1) is 20.8. The van der Waals surface area contributed by atoms with E-state index in [1.54, 1.807) is 36.9 Å². The monoisotopic (exact) mass is 412 g/mol. The molecule has 0 unspecified atom stereocenters. The van der Waals surface area contributed by atoms with Crippen LogP contribution in [0.4, 0.5) is 5.69 Å². The third-order valence-electron chi connectivity index (χ3n) is 4.53. The van der Waals surface area contributed by atoms with Crippen molar-refractivity contribution in [1.82, 2.24) is 14.1 Å². The van der Waals surface area contributed by atoms with E-state index in [-0.39, 0.29) is 17.3 Å². The van der Waals surface area contributed by atoms with Crippen molar-refractivity contribution in [1.29, 1.82) is 0 Å². The Morgan fingerprint density at radius 1 is 1.00 bits per heavy atom. The van der Waals surface area contributed by atoms with Crippen LogP contribution in [0.3, 0.4) is 0 Å². The van der Waals surface area contributed by atoms with Crippen LogP contribution in [-0.4, -0.2) is 41.5 Å². The number of hydrogen-bond donors (Lipinski definition) is 1. The quantitative estimate of drug-likeness (QED) is 0.616. The minimum absolute atomic E-state index is 0.0618. The van der Waals surface area contributed by atoms with Gasteiger partial charge in [-0.15, -0.1) is 0 Å². The maximum absolute atomic E-state index is 12.5. The van der Waals surface area contributed by atoms with Crippen LogP contribution in [0.2, 0.25) is 0 Å². The van der Waals surface area contributed by atoms with Crippen LogP contribution in [-0.2, 0) is 21.4 Å². The average Bonchev–Trinajstić information content (AvgIpc) is 3.18. The van der Waals surface area contributed by atoms with E-state index in [4.69, 9.17) is 0 Å². The molecular formula is C21H24N4O3S. The van der Waals surface area contributed by atoms with Crippen molar-refractivity contribution in [2.24, 2.45) is 0 Å². The molecule has 3 aromatic rings. The highest BCUT2D eigenvalue weighted by atomic mass is 32.2. The number of aromatic nitrogens is 2. The van der Waals surface area contributed by atoms with Crippen LogP contribution in [0, 0.1) is 0 Å². The minimum Gasteiger partial charge on any atom is -0.324 e. The van der Waals surface area contributed by atoms with Gasteiger partial charge in [0.05, 0.1) is 11.1 Å². The molecule has 0 bridgehead atoms. The van der Waals surface area contributed by atoms with E-state index in [1.807, 2.05) is 36.5 Å². The molecule has 0 atom stereocenters. The Balaban J connectivity index is 1.64. The Kier molecular flexibility index (Phi) is 6.46. The van der Waals surface area contributed by atoms with Crippen molar-refractivity contribution in [2.45, 2.75) is 25.3 Å². The molecule has 0 saturated heterocycles. The van der Waals surface area contributed by atoms with Crippen LogP contribution in [0.15, 0.2) is 71.9 Å². The van der Waals surface area contributed by atoms with Gasteiger partial charge in [-0.2, -0.15) is 9.40 Å². The van der Waals surface area contributed by atoms with Crippen LogP contribution < -0.4 is 5.32 Å². The first-order valence-corrected chi connectivity index (χ1v) is 10.9. The van der Waals surface area contributed by atoms with Gasteiger partial charge in [0.25, 0.3) is 0 Å². The van der Waals surface area contributed by atoms with E-state index in [0.717, 1.165) is 11.1 Å². The number of hydrogen-bond acceptors (Lipinski definition) is 4. The summed E-state index contributed by atoms with van der Waals surface area (Å²) >= 11 is 0. The number of benzene rings is 2. The molecule has 1 amide bonds. The molecule has 1 heterocycles. The van der Waals surface area contributed by atoms with Crippen LogP contribution in [0.25, 0.3) is 11.1 Å². The maximum Gasteiger partial charge on any atom is 0.246 e. The predicted octanol–water partition coefficient (Wildman–Crippen LogP) is 3.22. The molecule has 0 saturated carbocycles. The Morgan fingerprint density at radius 3 is 2.28 bits per heavy atom. The standard InChI is InChI=1S/C21H24N4O3S/c1-3-25(4-2)29(27,28)20-12-10-19(11-13-20)23-21(26)16-24-15-18(14-22-24)17-8-6-5-7-9-17/h5-15H,3-4,16H2,1-2H3,(H,23,26). The molecule has 0 fully saturated rings. The number of nitrogens with one attached hydrogen (secondary N) is 1. The van der Waals surface area contributed by atoms with Gasteiger partial charge in [0.1, 0.15) is 6.54 Å². The van der Waals surface area contributed by atoms with Gasteiger partial charge in [0, 0.05) is 30.5 Å². The second-order valence-corrected chi connectivity index (χ2v) is 8.39. The van der Waals surface area contributed by atoms with Crippen LogP contribution in [0.5, 0.6) is 0 Å². The third-order valence-corrected chi connectivity index (χ3v) is 6.59. The van der Waals surface area contributed by atoms with Gasteiger partial charge >= 0.3 is 0 Å². The Morgan fingerprint density at radius 2 is 1.66 bits per heavy atom. The van der Waals surface area contributed by atoms with Crippen LogP contribution in [0.1, 0.15) is 13.8 Å². The van der Waals surface area contributed by atoms with Gasteiger partial charge in [0.2, 0.25) is 15.9 Å². The molecule has 7 nitrogen and oxygen atoms in total. The Labute approximate surface area is 171 Å². The zero-order chi connectivity index (χ0) is 20.9. The number of carbonyl (C=O) groups is 1. The summed E-state index contributed by atoms with van der Waals surface area (Å²) in [5.74, 6) is -0.243. The fourth-order valence-corrected chi connectivity index (χ4v) is 4.46. The molecule has 8 heteroatoms. The summed E-state index contributed by atoms with van der Waals surface area (Å²) in [5.41, 5.74) is 2.50. The molecule has 1 aromatic heterocycles. The molecule has 0 aliphatic rings. The number of amides is 1. The van der Waals surface area contributed by atoms with E-state index < -0.39 is 10.0 Å². The van der Waals surface area contributed by atoms with Gasteiger partial charge < -0.3 is 5.32 Å². The first-order chi connectivity index (χ1) is 13.9. The third kappa shape index (κ3) is 4.90. The fraction of sp³-hybridized carbons (Fsp3) is 0.238. The summed E-state index contributed by atoms with van der Waals surface area (Å²) in [6, 6.07) is 16.0. The van der Waals surface area contributed by atoms with Crippen molar-refractivity contribution in [3.05, 3.63) is 67.0 Å². The van der Waals surface area contributed by atoms with E-state index in [2.05, 4.69) is 10.4 Å². The van der Waals surface area contributed by atoms with Crippen molar-refractivity contribution in [3.8, 4) is 11.1 Å². The summed E-state index contributed by atoms with van der Waals surface area (Å²) in [4.78, 5) is 12.5. The minimum atomic E-state index is -3.51. The zero-order valence-electron chi connectivity index (χ0n) is 16.4. The smallest absolute Gasteiger partial charge is 0.246 e. The topological polar surface area (TPSA) is 84.3 Å². The van der Waals surface area contributed by atoms with Gasteiger partial charge in [-0.25, -0.2) is 8.42 Å². The molecule has 152 valence electrons. The first-order valence-electron chi connectivity index (χ1n) is 9.42. The fourth-order valence-electron chi connectivity index (χ4n) is 3.00. The lowest BCUT2D eigenvalue weighted by atomic mass is 10.1. The van der Waals surface area contributed by atoms with Gasteiger partial charge in [0.15, 0.2) is 0 Å². The Hall–Kier alpha value is -2.97. The molecule has 0 aliphatic carbocycles. The second kappa shape index (κ2) is 9.02. The molecule has 29 heavy (non-hydrogen) atoms. The lowest BCUT2D eigenvalue weighted by Crippen LogP contribution is -2.30. The van der Waals surface area contributed by atoms with Crippen molar-refractivity contribution >= 4 is 21.6 Å². The van der Waals surface area contributed by atoms with E-state index in [1.165, 1.54) is 16.4 Å². The number of sulfonamides is 1. The molecule has 1 N–H and O–H groups in total. The van der Waals surface area contributed by atoms with Gasteiger partial charge in [-0.1, -0.05) is 44.2 Å². The molecule has 0 aliphatic heterocycles. The van der Waals surface area contributed by atoms with Crippen molar-refractivity contribution in [3.63, 3.8) is 0 Å². The Bertz CT molecular complexity index is 1060. The predicted molar refractivity (Wildman–Crippen MR) is 113 cm³/mol. The second-order valence-electron chi connectivity index (χ2n) is 6.45. The summed E-state index contributed by atoms with van der Waals surface area (Å²) in [5, 5.41) is 7.00. The largest absolute Gasteiger partial charge is 0.324 e. The number of anilines is 1. The maximum atomic E-state index is 12.5. The molecule has 0 spiro atoms.